The average molecular weight is 319 g/mol. The SMILES string of the molecule is CCN(CC)C(=O)CCNS(=O)(=O)c1ccccc1Cl. The molecular weight excluding hydrogens is 300 g/mol. The van der Waals surface area contributed by atoms with Crippen LogP contribution in [0.15, 0.2) is 29.2 Å². The van der Waals surface area contributed by atoms with E-state index in [-0.39, 0.29) is 28.8 Å². The van der Waals surface area contributed by atoms with Gasteiger partial charge in [0.1, 0.15) is 4.90 Å². The average Bonchev–Trinajstić information content (AvgIpc) is 2.40. The molecule has 0 aliphatic rings. The topological polar surface area (TPSA) is 66.5 Å². The smallest absolute Gasteiger partial charge is 0.242 e. The molecule has 1 aromatic carbocycles. The third kappa shape index (κ3) is 4.47. The van der Waals surface area contributed by atoms with Gasteiger partial charge in [0, 0.05) is 26.1 Å². The summed E-state index contributed by atoms with van der Waals surface area (Å²) < 4.78 is 26.4. The Balaban J connectivity index is 2.62. The molecule has 0 aliphatic carbocycles. The fourth-order valence-corrected chi connectivity index (χ4v) is 3.32. The molecule has 0 fully saturated rings. The van der Waals surface area contributed by atoms with Gasteiger partial charge in [-0.15, -0.1) is 0 Å². The molecule has 112 valence electrons. The number of hydrogen-bond donors (Lipinski definition) is 1. The Labute approximate surface area is 125 Å². The van der Waals surface area contributed by atoms with Crippen molar-refractivity contribution in [2.24, 2.45) is 0 Å². The van der Waals surface area contributed by atoms with E-state index in [1.54, 1.807) is 17.0 Å². The first-order valence-corrected chi connectivity index (χ1v) is 8.30. The summed E-state index contributed by atoms with van der Waals surface area (Å²) in [5.74, 6) is -0.0724. The molecule has 1 rings (SSSR count). The molecule has 0 spiro atoms. The van der Waals surface area contributed by atoms with Crippen molar-refractivity contribution < 1.29 is 13.2 Å². The van der Waals surface area contributed by atoms with Crippen LogP contribution in [0.4, 0.5) is 0 Å². The van der Waals surface area contributed by atoms with Gasteiger partial charge in [0.15, 0.2) is 0 Å². The van der Waals surface area contributed by atoms with Gasteiger partial charge in [-0.2, -0.15) is 0 Å². The quantitative estimate of drug-likeness (QED) is 0.834. The number of carbonyl (C=O) groups excluding carboxylic acids is 1. The third-order valence-corrected chi connectivity index (χ3v) is 4.83. The summed E-state index contributed by atoms with van der Waals surface area (Å²) in [5.41, 5.74) is 0. The second-order valence-electron chi connectivity index (χ2n) is 4.14. The van der Waals surface area contributed by atoms with Crippen LogP contribution in [0.1, 0.15) is 20.3 Å². The van der Waals surface area contributed by atoms with Crippen molar-refractivity contribution in [3.05, 3.63) is 29.3 Å². The second-order valence-corrected chi connectivity index (χ2v) is 6.29. The predicted molar refractivity (Wildman–Crippen MR) is 79.2 cm³/mol. The first kappa shape index (κ1) is 16.9. The van der Waals surface area contributed by atoms with Crippen LogP contribution in [0.5, 0.6) is 0 Å². The zero-order valence-corrected chi connectivity index (χ0v) is 13.2. The van der Waals surface area contributed by atoms with Crippen LogP contribution in [0.2, 0.25) is 5.02 Å². The number of benzene rings is 1. The number of sulfonamides is 1. The Kier molecular flexibility index (Phi) is 6.45. The number of hydrogen-bond acceptors (Lipinski definition) is 3. The van der Waals surface area contributed by atoms with Crippen LogP contribution >= 0.6 is 11.6 Å². The van der Waals surface area contributed by atoms with E-state index < -0.39 is 10.0 Å². The molecule has 0 radical (unpaired) electrons. The van der Waals surface area contributed by atoms with E-state index in [1.807, 2.05) is 13.8 Å². The molecule has 0 saturated heterocycles. The van der Waals surface area contributed by atoms with Gasteiger partial charge in [-0.3, -0.25) is 4.79 Å². The molecule has 7 heteroatoms. The van der Waals surface area contributed by atoms with Gasteiger partial charge in [0.2, 0.25) is 15.9 Å². The van der Waals surface area contributed by atoms with Gasteiger partial charge < -0.3 is 4.90 Å². The van der Waals surface area contributed by atoms with Gasteiger partial charge >= 0.3 is 0 Å². The highest BCUT2D eigenvalue weighted by Crippen LogP contribution is 2.19. The van der Waals surface area contributed by atoms with Gasteiger partial charge in [-0.1, -0.05) is 23.7 Å². The van der Waals surface area contributed by atoms with Crippen molar-refractivity contribution in [2.75, 3.05) is 19.6 Å². The summed E-state index contributed by atoms with van der Waals surface area (Å²) in [7, 11) is -3.68. The number of nitrogens with zero attached hydrogens (tertiary/aromatic N) is 1. The zero-order valence-electron chi connectivity index (χ0n) is 11.6. The Bertz CT molecular complexity index is 556. The molecule has 0 unspecified atom stereocenters. The fraction of sp³-hybridized carbons (Fsp3) is 0.462. The second kappa shape index (κ2) is 7.61. The molecular formula is C13H19ClN2O3S. The molecule has 0 aliphatic heterocycles. The summed E-state index contributed by atoms with van der Waals surface area (Å²) in [6.07, 6.45) is 0.130. The molecule has 1 aromatic rings. The lowest BCUT2D eigenvalue weighted by Gasteiger charge is -2.18. The highest BCUT2D eigenvalue weighted by Gasteiger charge is 2.18. The Morgan fingerprint density at radius 2 is 1.85 bits per heavy atom. The van der Waals surface area contributed by atoms with Crippen LogP contribution in [0, 0.1) is 0 Å². The van der Waals surface area contributed by atoms with E-state index >= 15 is 0 Å². The first-order valence-electron chi connectivity index (χ1n) is 6.44. The number of halogens is 1. The zero-order chi connectivity index (χ0) is 15.2. The lowest BCUT2D eigenvalue weighted by molar-refractivity contribution is -0.130. The largest absolute Gasteiger partial charge is 0.343 e. The number of nitrogens with one attached hydrogen (secondary N) is 1. The van der Waals surface area contributed by atoms with Crippen LogP contribution < -0.4 is 4.72 Å². The van der Waals surface area contributed by atoms with Crippen molar-refractivity contribution >= 4 is 27.5 Å². The van der Waals surface area contributed by atoms with Crippen molar-refractivity contribution in [3.63, 3.8) is 0 Å². The van der Waals surface area contributed by atoms with Crippen molar-refractivity contribution in [3.8, 4) is 0 Å². The molecule has 0 bridgehead atoms. The maximum absolute atomic E-state index is 12.0. The van der Waals surface area contributed by atoms with Crippen molar-refractivity contribution in [1.29, 1.82) is 0 Å². The van der Waals surface area contributed by atoms with E-state index in [9.17, 15) is 13.2 Å². The minimum Gasteiger partial charge on any atom is -0.343 e. The summed E-state index contributed by atoms with van der Waals surface area (Å²) >= 11 is 5.85. The van der Waals surface area contributed by atoms with Crippen molar-refractivity contribution in [2.45, 2.75) is 25.2 Å². The molecule has 1 amide bonds. The van der Waals surface area contributed by atoms with Crippen LogP contribution in [-0.4, -0.2) is 38.9 Å². The molecule has 0 atom stereocenters. The normalized spacial score (nSPS) is 11.3. The number of carbonyl (C=O) groups is 1. The first-order chi connectivity index (χ1) is 9.42. The maximum atomic E-state index is 12.0. The van der Waals surface area contributed by atoms with Gasteiger partial charge in [-0.25, -0.2) is 13.1 Å². The van der Waals surface area contributed by atoms with E-state index in [4.69, 9.17) is 11.6 Å². The van der Waals surface area contributed by atoms with Gasteiger partial charge in [0.25, 0.3) is 0 Å². The van der Waals surface area contributed by atoms with E-state index in [0.29, 0.717) is 13.1 Å². The molecule has 0 aromatic heterocycles. The molecule has 5 nitrogen and oxygen atoms in total. The Morgan fingerprint density at radius 3 is 2.40 bits per heavy atom. The summed E-state index contributed by atoms with van der Waals surface area (Å²) in [5, 5.41) is 0.162. The molecule has 0 heterocycles. The van der Waals surface area contributed by atoms with Crippen LogP contribution in [-0.2, 0) is 14.8 Å². The lowest BCUT2D eigenvalue weighted by atomic mass is 10.3. The molecule has 0 saturated carbocycles. The highest BCUT2D eigenvalue weighted by atomic mass is 35.5. The molecule has 20 heavy (non-hydrogen) atoms. The summed E-state index contributed by atoms with van der Waals surface area (Å²) in [6.45, 7) is 5.06. The highest BCUT2D eigenvalue weighted by molar-refractivity contribution is 7.89. The van der Waals surface area contributed by atoms with Crippen LogP contribution in [0.3, 0.4) is 0 Å². The Hall–Kier alpha value is -1.11. The van der Waals surface area contributed by atoms with Gasteiger partial charge in [-0.05, 0) is 26.0 Å². The maximum Gasteiger partial charge on any atom is 0.242 e. The summed E-state index contributed by atoms with van der Waals surface area (Å²) in [4.78, 5) is 13.4. The van der Waals surface area contributed by atoms with Crippen LogP contribution in [0.25, 0.3) is 0 Å². The Morgan fingerprint density at radius 1 is 1.25 bits per heavy atom. The lowest BCUT2D eigenvalue weighted by Crippen LogP contribution is -2.34. The van der Waals surface area contributed by atoms with Gasteiger partial charge in [0.05, 0.1) is 5.02 Å². The summed E-state index contributed by atoms with van der Waals surface area (Å²) in [6, 6.07) is 6.20. The third-order valence-electron chi connectivity index (χ3n) is 2.87. The monoisotopic (exact) mass is 318 g/mol. The fourth-order valence-electron chi connectivity index (χ4n) is 1.77. The standard InChI is InChI=1S/C13H19ClN2O3S/c1-3-16(4-2)13(17)9-10-15-20(18,19)12-8-6-5-7-11(12)14/h5-8,15H,3-4,9-10H2,1-2H3. The number of amides is 1. The van der Waals surface area contributed by atoms with Crippen molar-refractivity contribution in [1.82, 2.24) is 9.62 Å². The van der Waals surface area contributed by atoms with E-state index in [1.165, 1.54) is 12.1 Å². The predicted octanol–water partition coefficient (Wildman–Crippen LogP) is 1.88. The minimum absolute atomic E-state index is 0.0250. The van der Waals surface area contributed by atoms with E-state index in [2.05, 4.69) is 4.72 Å². The van der Waals surface area contributed by atoms with E-state index in [0.717, 1.165) is 0 Å². The minimum atomic E-state index is -3.68. The number of rotatable bonds is 7. The molecule has 1 N–H and O–H groups in total.